The van der Waals surface area contributed by atoms with E-state index in [0.29, 0.717) is 16.7 Å². The minimum Gasteiger partial charge on any atom is -0.461 e. The van der Waals surface area contributed by atoms with Crippen molar-refractivity contribution in [3.8, 4) is 0 Å². The summed E-state index contributed by atoms with van der Waals surface area (Å²) in [6.07, 6.45) is -1.70. The van der Waals surface area contributed by atoms with Gasteiger partial charge >= 0.3 is 23.9 Å². The van der Waals surface area contributed by atoms with E-state index in [1.807, 2.05) is 0 Å². The van der Waals surface area contributed by atoms with Gasteiger partial charge in [0.05, 0.1) is 12.0 Å². The highest BCUT2D eigenvalue weighted by Gasteiger charge is 2.61. The molecule has 180 valence electrons. The number of carbonyl (C=O) groups is 4. The zero-order chi connectivity index (χ0) is 24.7. The van der Waals surface area contributed by atoms with E-state index in [0.717, 1.165) is 0 Å². The molecule has 1 heterocycles. The fraction of sp³-hybridized carbons (Fsp3) is 0.583. The molecule has 2 fully saturated rings. The summed E-state index contributed by atoms with van der Waals surface area (Å²) < 4.78 is 22.1. The van der Waals surface area contributed by atoms with Crippen LogP contribution in [0, 0.1) is 11.3 Å². The molecule has 9 heteroatoms. The van der Waals surface area contributed by atoms with Crippen LogP contribution in [0.15, 0.2) is 34.9 Å². The van der Waals surface area contributed by atoms with E-state index < -0.39 is 59.6 Å². The first-order valence-corrected chi connectivity index (χ1v) is 10.9. The van der Waals surface area contributed by atoms with Crippen LogP contribution in [0.2, 0.25) is 0 Å². The summed E-state index contributed by atoms with van der Waals surface area (Å²) >= 11 is 0. The Kier molecular flexibility index (Phi) is 6.83. The van der Waals surface area contributed by atoms with Crippen LogP contribution in [0.4, 0.5) is 0 Å². The van der Waals surface area contributed by atoms with Crippen molar-refractivity contribution in [2.45, 2.75) is 71.9 Å². The summed E-state index contributed by atoms with van der Waals surface area (Å²) in [6, 6.07) is 0. The van der Waals surface area contributed by atoms with Gasteiger partial charge in [-0.3, -0.25) is 9.59 Å². The summed E-state index contributed by atoms with van der Waals surface area (Å²) in [6.45, 7) is 11.2. The molecule has 9 nitrogen and oxygen atoms in total. The van der Waals surface area contributed by atoms with Gasteiger partial charge in [0.15, 0.2) is 0 Å². The SMILES string of the molecule is C=C1C(=O)O[C@@H]2C[C@@]3(C)C(=C(COC(C)=O)[C@@H](OC(C)=O)C[C@@H]3O)[C@@H](OC(=O)/C(C)=C/C)[C@H]12. The molecule has 0 radical (unpaired) electrons. The number of carbonyl (C=O) groups excluding carboxylic acids is 4. The molecule has 0 aromatic carbocycles. The summed E-state index contributed by atoms with van der Waals surface area (Å²) in [5.74, 6) is -3.02. The molecule has 1 saturated heterocycles. The quantitative estimate of drug-likeness (QED) is 0.282. The Labute approximate surface area is 192 Å². The van der Waals surface area contributed by atoms with Crippen molar-refractivity contribution >= 4 is 23.9 Å². The molecule has 3 aliphatic rings. The fourth-order valence-electron chi connectivity index (χ4n) is 5.00. The number of fused-ring (bicyclic) bond motifs is 2. The van der Waals surface area contributed by atoms with Crippen LogP contribution < -0.4 is 0 Å². The van der Waals surface area contributed by atoms with E-state index in [1.54, 1.807) is 26.8 Å². The van der Waals surface area contributed by atoms with Crippen molar-refractivity contribution in [2.24, 2.45) is 11.3 Å². The third kappa shape index (κ3) is 4.46. The number of allylic oxidation sites excluding steroid dienone is 1. The number of aliphatic hydroxyl groups excluding tert-OH is 1. The first-order chi connectivity index (χ1) is 15.4. The van der Waals surface area contributed by atoms with E-state index in [9.17, 15) is 24.3 Å². The van der Waals surface area contributed by atoms with Crippen LogP contribution in [0.5, 0.6) is 0 Å². The lowest BCUT2D eigenvalue weighted by molar-refractivity contribution is -0.160. The molecule has 33 heavy (non-hydrogen) atoms. The van der Waals surface area contributed by atoms with Gasteiger partial charge in [0.1, 0.15) is 24.9 Å². The minimum absolute atomic E-state index is 0.0526. The lowest BCUT2D eigenvalue weighted by atomic mass is 9.57. The molecule has 0 amide bonds. The summed E-state index contributed by atoms with van der Waals surface area (Å²) in [4.78, 5) is 48.6. The van der Waals surface area contributed by atoms with Gasteiger partial charge < -0.3 is 24.1 Å². The number of aliphatic hydroxyl groups is 1. The second-order valence-corrected chi connectivity index (χ2v) is 8.98. The molecule has 3 rings (SSSR count). The van der Waals surface area contributed by atoms with Gasteiger partial charge in [-0.15, -0.1) is 0 Å². The maximum atomic E-state index is 12.8. The van der Waals surface area contributed by atoms with Crippen molar-refractivity contribution in [1.29, 1.82) is 0 Å². The minimum atomic E-state index is -1.03. The summed E-state index contributed by atoms with van der Waals surface area (Å²) in [7, 11) is 0. The third-order valence-corrected chi connectivity index (χ3v) is 6.81. The Morgan fingerprint density at radius 2 is 1.88 bits per heavy atom. The van der Waals surface area contributed by atoms with Crippen molar-refractivity contribution in [1.82, 2.24) is 0 Å². The van der Waals surface area contributed by atoms with Crippen LogP contribution in [-0.4, -0.2) is 60.0 Å². The molecule has 0 unspecified atom stereocenters. The molecule has 6 atom stereocenters. The van der Waals surface area contributed by atoms with Gasteiger partial charge in [-0.1, -0.05) is 19.6 Å². The van der Waals surface area contributed by atoms with Gasteiger partial charge in [0.25, 0.3) is 0 Å². The standard InChI is InChI=1S/C24H30O9/c1-7-11(2)22(28)33-21-19-12(3)23(29)32-17(19)9-24(6)18(27)8-16(31-14(5)26)15(20(21)24)10-30-13(4)25/h7,16-19,21,27H,3,8-10H2,1-2,4-6H3/b11-7+/t16-,17+,18-,19+,21-,24+/m0/s1. The van der Waals surface area contributed by atoms with Crippen LogP contribution in [0.3, 0.4) is 0 Å². The molecule has 2 aliphatic carbocycles. The van der Waals surface area contributed by atoms with Crippen LogP contribution in [-0.2, 0) is 38.1 Å². The average molecular weight is 462 g/mol. The first-order valence-electron chi connectivity index (χ1n) is 10.9. The van der Waals surface area contributed by atoms with Crippen LogP contribution in [0.1, 0.15) is 47.5 Å². The highest BCUT2D eigenvalue weighted by Crippen LogP contribution is 2.56. The third-order valence-electron chi connectivity index (χ3n) is 6.81. The number of ether oxygens (including phenoxy) is 4. The number of hydrogen-bond donors (Lipinski definition) is 1. The molecule has 1 N–H and O–H groups in total. The van der Waals surface area contributed by atoms with Crippen LogP contribution >= 0.6 is 0 Å². The summed E-state index contributed by atoms with van der Waals surface area (Å²) in [5.41, 5.74) is 0.403. The smallest absolute Gasteiger partial charge is 0.334 e. The Morgan fingerprint density at radius 1 is 1.21 bits per heavy atom. The van der Waals surface area contributed by atoms with Crippen molar-refractivity contribution < 1.29 is 43.2 Å². The van der Waals surface area contributed by atoms with Crippen molar-refractivity contribution in [3.63, 3.8) is 0 Å². The Hall–Kier alpha value is -2.94. The second kappa shape index (κ2) is 9.13. The zero-order valence-electron chi connectivity index (χ0n) is 19.5. The lowest BCUT2D eigenvalue weighted by Gasteiger charge is -2.52. The predicted octanol–water partition coefficient (Wildman–Crippen LogP) is 1.93. The van der Waals surface area contributed by atoms with E-state index in [4.69, 9.17) is 18.9 Å². The largest absolute Gasteiger partial charge is 0.461 e. The van der Waals surface area contributed by atoms with Crippen molar-refractivity contribution in [2.75, 3.05) is 6.61 Å². The van der Waals surface area contributed by atoms with Gasteiger partial charge in [-0.25, -0.2) is 9.59 Å². The highest BCUT2D eigenvalue weighted by atomic mass is 16.6. The lowest BCUT2D eigenvalue weighted by Crippen LogP contribution is -2.56. The van der Waals surface area contributed by atoms with Crippen LogP contribution in [0.25, 0.3) is 0 Å². The van der Waals surface area contributed by atoms with E-state index in [-0.39, 0.29) is 25.0 Å². The first kappa shape index (κ1) is 24.7. The topological polar surface area (TPSA) is 125 Å². The molecule has 0 aromatic heterocycles. The average Bonchev–Trinajstić information content (AvgIpc) is 3.00. The normalized spacial score (nSPS) is 33.6. The molecule has 0 aromatic rings. The van der Waals surface area contributed by atoms with Gasteiger partial charge in [0, 0.05) is 42.4 Å². The van der Waals surface area contributed by atoms with Gasteiger partial charge in [-0.2, -0.15) is 0 Å². The maximum Gasteiger partial charge on any atom is 0.334 e. The number of esters is 4. The van der Waals surface area contributed by atoms with E-state index in [1.165, 1.54) is 13.8 Å². The molecule has 1 saturated carbocycles. The molecular weight excluding hydrogens is 432 g/mol. The fourth-order valence-corrected chi connectivity index (χ4v) is 5.00. The molecular formula is C24H30O9. The highest BCUT2D eigenvalue weighted by molar-refractivity contribution is 5.92. The van der Waals surface area contributed by atoms with E-state index in [2.05, 4.69) is 6.58 Å². The second-order valence-electron chi connectivity index (χ2n) is 8.98. The Balaban J connectivity index is 2.22. The van der Waals surface area contributed by atoms with Gasteiger partial charge in [-0.05, 0) is 25.8 Å². The monoisotopic (exact) mass is 462 g/mol. The molecule has 0 spiro atoms. The molecule has 0 bridgehead atoms. The maximum absolute atomic E-state index is 12.8. The number of hydrogen-bond acceptors (Lipinski definition) is 9. The Bertz CT molecular complexity index is 959. The van der Waals surface area contributed by atoms with E-state index >= 15 is 0 Å². The molecule has 1 aliphatic heterocycles. The zero-order valence-corrected chi connectivity index (χ0v) is 19.5. The van der Waals surface area contributed by atoms with Gasteiger partial charge in [0.2, 0.25) is 0 Å². The number of rotatable bonds is 5. The Morgan fingerprint density at radius 3 is 2.45 bits per heavy atom. The van der Waals surface area contributed by atoms with Crippen molar-refractivity contribution in [3.05, 3.63) is 34.9 Å². The summed E-state index contributed by atoms with van der Waals surface area (Å²) in [5, 5.41) is 11.2. The predicted molar refractivity (Wildman–Crippen MR) is 114 cm³/mol.